The molecule has 11 atom stereocenters. The van der Waals surface area contributed by atoms with Crippen molar-refractivity contribution in [1.82, 2.24) is 0 Å². The molecule has 0 radical (unpaired) electrons. The molecule has 206 valence electrons. The fourth-order valence-corrected chi connectivity index (χ4v) is 7.83. The highest BCUT2D eigenvalue weighted by molar-refractivity contribution is 5.90. The van der Waals surface area contributed by atoms with Gasteiger partial charge >= 0.3 is 5.97 Å². The molecule has 1 aromatic carbocycles. The van der Waals surface area contributed by atoms with Crippen LogP contribution in [0.5, 0.6) is 5.75 Å². The largest absolute Gasteiger partial charge is 0.496 e. The summed E-state index contributed by atoms with van der Waals surface area (Å²) in [5.41, 5.74) is -0.0832. The van der Waals surface area contributed by atoms with E-state index < -0.39 is 78.0 Å². The molecule has 38 heavy (non-hydrogen) atoms. The van der Waals surface area contributed by atoms with Gasteiger partial charge in [-0.05, 0) is 31.0 Å². The van der Waals surface area contributed by atoms with Crippen molar-refractivity contribution in [2.24, 2.45) is 11.3 Å². The molecular formula is C26H30O12. The predicted octanol–water partition coefficient (Wildman–Crippen LogP) is -0.909. The first-order valence-electron chi connectivity index (χ1n) is 12.7. The number of fused-ring (bicyclic) bond motifs is 5. The molecule has 8 rings (SSSR count). The van der Waals surface area contributed by atoms with E-state index in [9.17, 15) is 30.3 Å². The molecule has 1 saturated carbocycles. The number of methoxy groups -OCH3 is 1. The monoisotopic (exact) mass is 534 g/mol. The Balaban J connectivity index is 1.36. The lowest BCUT2D eigenvalue weighted by atomic mass is 9.45. The second-order valence-corrected chi connectivity index (χ2v) is 11.3. The first kappa shape index (κ1) is 24.7. The van der Waals surface area contributed by atoms with Crippen molar-refractivity contribution in [2.45, 2.75) is 73.9 Å². The lowest BCUT2D eigenvalue weighted by Gasteiger charge is -2.65. The van der Waals surface area contributed by atoms with Crippen molar-refractivity contribution in [3.8, 4) is 5.75 Å². The zero-order chi connectivity index (χ0) is 26.8. The molecule has 12 nitrogen and oxygen atoms in total. The number of aliphatic hydroxyl groups is 5. The standard InChI is InChI=1S/C26H30O12/c1-24-21-14(37-23(24)31)5-11-12(6-13(33-2)10-3-4-34-20(10)11)25(21)7-16(26(24,32)35-9-25)38-22-19(30)18(29)17(28)15(8-27)36-22/h3-4,6,14-19,21-22,27-30,32H,5,7-9H2,1-2H3/t14-,15-,16+,17-,18+,19-,21+,22+,24+,25+,26+/m1/s1. The number of carbonyl (C=O) groups excluding carboxylic acids is 1. The van der Waals surface area contributed by atoms with Crippen molar-refractivity contribution < 1.29 is 58.4 Å². The van der Waals surface area contributed by atoms with Gasteiger partial charge in [-0.1, -0.05) is 0 Å². The lowest BCUT2D eigenvalue weighted by molar-refractivity contribution is -0.415. The normalized spacial score (nSPS) is 47.1. The van der Waals surface area contributed by atoms with E-state index in [0.29, 0.717) is 17.8 Å². The van der Waals surface area contributed by atoms with Crippen LogP contribution < -0.4 is 4.74 Å². The van der Waals surface area contributed by atoms with Crippen LogP contribution in [0.25, 0.3) is 11.0 Å². The molecule has 2 aromatic rings. The van der Waals surface area contributed by atoms with Crippen molar-refractivity contribution in [3.05, 3.63) is 29.5 Å². The molecular weight excluding hydrogens is 504 g/mol. The minimum atomic E-state index is -2.14. The molecule has 12 heteroatoms. The Morgan fingerprint density at radius 3 is 2.71 bits per heavy atom. The average Bonchev–Trinajstić information content (AvgIpc) is 3.50. The molecule has 5 heterocycles. The maximum absolute atomic E-state index is 13.5. The van der Waals surface area contributed by atoms with Crippen LogP contribution in [0.1, 0.15) is 24.5 Å². The van der Waals surface area contributed by atoms with Gasteiger partial charge in [0.25, 0.3) is 0 Å². The molecule has 4 saturated heterocycles. The van der Waals surface area contributed by atoms with Gasteiger partial charge in [0.15, 0.2) is 6.29 Å². The molecule has 6 aliphatic rings. The molecule has 2 aliphatic carbocycles. The summed E-state index contributed by atoms with van der Waals surface area (Å²) in [6.07, 6.45) is -7.29. The van der Waals surface area contributed by atoms with E-state index in [1.807, 2.05) is 12.1 Å². The summed E-state index contributed by atoms with van der Waals surface area (Å²) in [4.78, 5) is 13.5. The van der Waals surface area contributed by atoms with Crippen LogP contribution >= 0.6 is 0 Å². The predicted molar refractivity (Wildman–Crippen MR) is 124 cm³/mol. The number of hydrogen-bond acceptors (Lipinski definition) is 12. The topological polar surface area (TPSA) is 178 Å². The van der Waals surface area contributed by atoms with E-state index in [1.165, 1.54) is 0 Å². The van der Waals surface area contributed by atoms with Gasteiger partial charge in [-0.2, -0.15) is 0 Å². The van der Waals surface area contributed by atoms with Crippen LogP contribution in [0, 0.1) is 11.3 Å². The number of esters is 1. The summed E-state index contributed by atoms with van der Waals surface area (Å²) in [6.45, 7) is 1.03. The Bertz CT molecular complexity index is 1310. The van der Waals surface area contributed by atoms with E-state index in [0.717, 1.165) is 16.5 Å². The van der Waals surface area contributed by atoms with Crippen molar-refractivity contribution in [3.63, 3.8) is 0 Å². The second-order valence-electron chi connectivity index (χ2n) is 11.3. The fraction of sp³-hybridized carbons (Fsp3) is 0.654. The summed E-state index contributed by atoms with van der Waals surface area (Å²) >= 11 is 0. The number of carbonyl (C=O) groups is 1. The summed E-state index contributed by atoms with van der Waals surface area (Å²) < 4.78 is 35.2. The van der Waals surface area contributed by atoms with Crippen LogP contribution in [0.4, 0.5) is 0 Å². The minimum Gasteiger partial charge on any atom is -0.496 e. The van der Waals surface area contributed by atoms with Crippen LogP contribution in [-0.4, -0.2) is 101 Å². The number of ether oxygens (including phenoxy) is 5. The van der Waals surface area contributed by atoms with Crippen LogP contribution in [0.15, 0.2) is 22.8 Å². The van der Waals surface area contributed by atoms with Gasteiger partial charge < -0.3 is 53.6 Å². The van der Waals surface area contributed by atoms with Crippen molar-refractivity contribution >= 4 is 16.9 Å². The average molecular weight is 535 g/mol. The quantitative estimate of drug-likeness (QED) is 0.306. The molecule has 5 N–H and O–H groups in total. The summed E-state index contributed by atoms with van der Waals surface area (Å²) in [7, 11) is 1.56. The molecule has 2 bridgehead atoms. The molecule has 0 unspecified atom stereocenters. The SMILES string of the molecule is COc1cc2c(c3occc13)C[C@H]1OC(=O)[C@]3(C)[C@H]1[C@@]21CO[C@@]3(O)[C@@H](O[C@@H]2O[C@H](CO)[C@@H](O)[C@H](O)[C@H]2O)C1. The maximum Gasteiger partial charge on any atom is 0.318 e. The number of furan rings is 1. The Morgan fingerprint density at radius 2 is 1.97 bits per heavy atom. The first-order chi connectivity index (χ1) is 18.1. The smallest absolute Gasteiger partial charge is 0.318 e. The van der Waals surface area contributed by atoms with Gasteiger partial charge in [-0.3, -0.25) is 4.79 Å². The Kier molecular flexibility index (Phi) is 5.13. The van der Waals surface area contributed by atoms with Gasteiger partial charge in [0.1, 0.15) is 53.4 Å². The third-order valence-electron chi connectivity index (χ3n) is 9.67. The Labute approximate surface area is 216 Å². The summed E-state index contributed by atoms with van der Waals surface area (Å²) in [6, 6.07) is 3.72. The van der Waals surface area contributed by atoms with E-state index in [2.05, 4.69) is 0 Å². The maximum atomic E-state index is 13.5. The third-order valence-corrected chi connectivity index (χ3v) is 9.67. The van der Waals surface area contributed by atoms with E-state index in [1.54, 1.807) is 20.3 Å². The highest BCUT2D eigenvalue weighted by Gasteiger charge is 2.81. The number of aliphatic hydroxyl groups excluding tert-OH is 4. The lowest BCUT2D eigenvalue weighted by Crippen LogP contribution is -2.78. The van der Waals surface area contributed by atoms with E-state index in [-0.39, 0.29) is 13.0 Å². The van der Waals surface area contributed by atoms with Crippen molar-refractivity contribution in [1.29, 1.82) is 0 Å². The molecule has 0 amide bonds. The number of hydrogen-bond donors (Lipinski definition) is 5. The number of benzene rings is 1. The van der Waals surface area contributed by atoms with Gasteiger partial charge in [0, 0.05) is 23.3 Å². The summed E-state index contributed by atoms with van der Waals surface area (Å²) in [5.74, 6) is -2.64. The molecule has 4 aliphatic heterocycles. The van der Waals surface area contributed by atoms with Gasteiger partial charge in [0.05, 0.1) is 32.0 Å². The Morgan fingerprint density at radius 1 is 1.18 bits per heavy atom. The minimum absolute atomic E-state index is 0.0633. The van der Waals surface area contributed by atoms with Gasteiger partial charge in [-0.25, -0.2) is 0 Å². The number of rotatable bonds is 4. The third kappa shape index (κ3) is 2.74. The highest BCUT2D eigenvalue weighted by atomic mass is 16.7. The first-order valence-corrected chi connectivity index (χ1v) is 12.7. The molecule has 5 fully saturated rings. The van der Waals surface area contributed by atoms with E-state index >= 15 is 0 Å². The Hall–Kier alpha value is -2.29. The highest BCUT2D eigenvalue weighted by Crippen LogP contribution is 2.69. The molecule has 1 spiro atoms. The molecule has 1 aromatic heterocycles. The van der Waals surface area contributed by atoms with Crippen molar-refractivity contribution in [2.75, 3.05) is 20.3 Å². The van der Waals surface area contributed by atoms with E-state index in [4.69, 9.17) is 28.1 Å². The summed E-state index contributed by atoms with van der Waals surface area (Å²) in [5, 5.41) is 53.4. The van der Waals surface area contributed by atoms with Crippen LogP contribution in [-0.2, 0) is 35.6 Å². The second kappa shape index (κ2) is 7.89. The van der Waals surface area contributed by atoms with Gasteiger partial charge in [0.2, 0.25) is 5.79 Å². The van der Waals surface area contributed by atoms with Gasteiger partial charge in [-0.15, -0.1) is 0 Å². The van der Waals surface area contributed by atoms with Crippen LogP contribution in [0.3, 0.4) is 0 Å². The fourth-order valence-electron chi connectivity index (χ4n) is 7.83. The zero-order valence-corrected chi connectivity index (χ0v) is 20.8. The van der Waals surface area contributed by atoms with Crippen LogP contribution in [0.2, 0.25) is 0 Å². The zero-order valence-electron chi connectivity index (χ0n) is 20.8.